The van der Waals surface area contributed by atoms with Gasteiger partial charge in [0.05, 0.1) is 5.69 Å². The molecule has 0 atom stereocenters. The van der Waals surface area contributed by atoms with E-state index >= 15 is 0 Å². The molecule has 0 saturated heterocycles. The van der Waals surface area contributed by atoms with Gasteiger partial charge in [0.25, 0.3) is 0 Å². The zero-order valence-electron chi connectivity index (χ0n) is 27.2. The van der Waals surface area contributed by atoms with Gasteiger partial charge in [0.2, 0.25) is 0 Å². The number of hydrogen-bond acceptors (Lipinski definition) is 1. The Balaban J connectivity index is 1.10. The highest BCUT2D eigenvalue weighted by molar-refractivity contribution is 6.34. The van der Waals surface area contributed by atoms with Gasteiger partial charge >= 0.3 is 0 Å². The van der Waals surface area contributed by atoms with Crippen molar-refractivity contribution in [2.45, 2.75) is 6.92 Å². The van der Waals surface area contributed by atoms with Gasteiger partial charge in [-0.3, -0.25) is 4.99 Å². The number of nitrogens with zero attached hydrogens (tertiary/aromatic N) is 1. The van der Waals surface area contributed by atoms with Gasteiger partial charge in [-0.05, 0) is 107 Å². The Bertz CT molecular complexity index is 2780. The molecule has 1 nitrogen and oxygen atoms in total. The van der Waals surface area contributed by atoms with Crippen LogP contribution in [0.15, 0.2) is 169 Å². The standard InChI is InChI=1S/C48H31N/c1-29-35-12-3-4-14-38(35)39-25-24-34(28-45(39)30(2)49-46-19-6-5-13-36(29)46)31-20-22-32(23-21-31)37-26-27-44-42-16-8-11-33-10-7-15-41(47(33)42)43-18-9-17-40(37)48(43)44/h3-28H,1H2,2H3/b49-30+. The Morgan fingerprint density at radius 2 is 0.939 bits per heavy atom. The van der Waals surface area contributed by atoms with E-state index in [9.17, 15) is 0 Å². The number of aliphatic imine (C=N–C) groups is 1. The predicted molar refractivity (Wildman–Crippen MR) is 210 cm³/mol. The molecule has 0 spiro atoms. The maximum atomic E-state index is 5.16. The van der Waals surface area contributed by atoms with E-state index in [1.807, 2.05) is 0 Å². The van der Waals surface area contributed by atoms with Crippen LogP contribution in [0.1, 0.15) is 23.6 Å². The largest absolute Gasteiger partial charge is 0.252 e. The number of benzene rings is 9. The van der Waals surface area contributed by atoms with Crippen molar-refractivity contribution in [3.63, 3.8) is 0 Å². The molecule has 0 aliphatic carbocycles. The first-order valence-corrected chi connectivity index (χ1v) is 16.9. The van der Waals surface area contributed by atoms with Gasteiger partial charge in [-0.2, -0.15) is 0 Å². The number of rotatable bonds is 2. The van der Waals surface area contributed by atoms with E-state index in [4.69, 9.17) is 4.99 Å². The lowest BCUT2D eigenvalue weighted by atomic mass is 9.86. The van der Waals surface area contributed by atoms with E-state index in [1.54, 1.807) is 0 Å². The average Bonchev–Trinajstić information content (AvgIpc) is 3.19. The molecule has 1 aliphatic heterocycles. The van der Waals surface area contributed by atoms with Gasteiger partial charge in [0.15, 0.2) is 0 Å². The Labute approximate surface area is 285 Å². The van der Waals surface area contributed by atoms with Gasteiger partial charge in [0, 0.05) is 16.8 Å². The summed E-state index contributed by atoms with van der Waals surface area (Å²) in [5.74, 6) is 0. The van der Waals surface area contributed by atoms with Crippen LogP contribution in [-0.2, 0) is 0 Å². The van der Waals surface area contributed by atoms with Crippen LogP contribution in [0.4, 0.5) is 5.69 Å². The molecule has 9 aromatic rings. The number of para-hydroxylation sites is 1. The van der Waals surface area contributed by atoms with Gasteiger partial charge in [-0.15, -0.1) is 0 Å². The molecule has 0 saturated carbocycles. The van der Waals surface area contributed by atoms with Gasteiger partial charge in [-0.25, -0.2) is 0 Å². The van der Waals surface area contributed by atoms with Crippen molar-refractivity contribution in [3.05, 3.63) is 181 Å². The molecule has 0 radical (unpaired) electrons. The van der Waals surface area contributed by atoms with Crippen LogP contribution in [0.3, 0.4) is 0 Å². The van der Waals surface area contributed by atoms with Crippen molar-refractivity contribution in [2.24, 2.45) is 4.99 Å². The predicted octanol–water partition coefficient (Wildman–Crippen LogP) is 13.3. The summed E-state index contributed by atoms with van der Waals surface area (Å²) >= 11 is 0. The first kappa shape index (κ1) is 27.8. The topological polar surface area (TPSA) is 12.4 Å². The average molecular weight is 622 g/mol. The van der Waals surface area contributed by atoms with E-state index in [-0.39, 0.29) is 0 Å². The van der Waals surface area contributed by atoms with E-state index in [1.165, 1.54) is 76.5 Å². The summed E-state index contributed by atoms with van der Waals surface area (Å²) in [5.41, 5.74) is 13.5. The van der Waals surface area contributed by atoms with Crippen LogP contribution in [0, 0.1) is 0 Å². The SMILES string of the molecule is C=C1c2ccccc2/N=C(\C)c2cc(-c3ccc(-c4ccc5c6cccc7cccc(c8cccc4c85)c76)cc3)ccc2-c2ccccc21. The van der Waals surface area contributed by atoms with Crippen LogP contribution in [0.2, 0.25) is 0 Å². The number of fused-ring (bicyclic) bond motifs is 6. The van der Waals surface area contributed by atoms with Crippen LogP contribution >= 0.6 is 0 Å². The molecule has 0 fully saturated rings. The lowest BCUT2D eigenvalue weighted by Crippen LogP contribution is -1.99. The van der Waals surface area contributed by atoms with Crippen molar-refractivity contribution >= 4 is 60.1 Å². The maximum Gasteiger partial charge on any atom is 0.0711 e. The molecule has 0 amide bonds. The molecule has 1 aliphatic rings. The summed E-state index contributed by atoms with van der Waals surface area (Å²) in [4.78, 5) is 5.16. The second kappa shape index (κ2) is 10.6. The van der Waals surface area contributed by atoms with E-state index in [0.717, 1.165) is 33.7 Å². The molecule has 9 aromatic carbocycles. The summed E-state index contributed by atoms with van der Waals surface area (Å²) in [6.45, 7) is 6.64. The summed E-state index contributed by atoms with van der Waals surface area (Å²) in [6, 6.07) is 57.5. The third-order valence-corrected chi connectivity index (χ3v) is 10.5. The molecule has 228 valence electrons. The van der Waals surface area contributed by atoms with Crippen molar-refractivity contribution in [2.75, 3.05) is 0 Å². The fraction of sp³-hybridized carbons (Fsp3) is 0.0208. The van der Waals surface area contributed by atoms with E-state index < -0.39 is 0 Å². The second-order valence-corrected chi connectivity index (χ2v) is 13.2. The summed E-state index contributed by atoms with van der Waals surface area (Å²) in [7, 11) is 0. The summed E-state index contributed by atoms with van der Waals surface area (Å²) < 4.78 is 0. The minimum atomic E-state index is 0.948. The van der Waals surface area contributed by atoms with Crippen LogP contribution in [-0.4, -0.2) is 5.71 Å². The third kappa shape index (κ3) is 4.16. The highest BCUT2D eigenvalue weighted by Crippen LogP contribution is 2.44. The Kier molecular flexibility index (Phi) is 6.01. The Morgan fingerprint density at radius 1 is 0.388 bits per heavy atom. The van der Waals surface area contributed by atoms with Gasteiger partial charge < -0.3 is 0 Å². The quantitative estimate of drug-likeness (QED) is 0.135. The molecular formula is C48H31N. The first-order valence-electron chi connectivity index (χ1n) is 16.9. The molecule has 0 bridgehead atoms. The molecule has 0 aromatic heterocycles. The maximum absolute atomic E-state index is 5.16. The Morgan fingerprint density at radius 3 is 1.71 bits per heavy atom. The van der Waals surface area contributed by atoms with Crippen LogP contribution in [0.5, 0.6) is 0 Å². The minimum Gasteiger partial charge on any atom is -0.252 e. The molecule has 1 heteroatoms. The fourth-order valence-corrected chi connectivity index (χ4v) is 8.19. The zero-order valence-corrected chi connectivity index (χ0v) is 27.2. The summed E-state index contributed by atoms with van der Waals surface area (Å²) in [5, 5.41) is 10.6. The molecule has 0 N–H and O–H groups in total. The van der Waals surface area contributed by atoms with Gasteiger partial charge in [0.1, 0.15) is 0 Å². The van der Waals surface area contributed by atoms with Crippen molar-refractivity contribution < 1.29 is 0 Å². The van der Waals surface area contributed by atoms with Gasteiger partial charge in [-0.1, -0.05) is 152 Å². The Hall–Kier alpha value is -6.31. The highest BCUT2D eigenvalue weighted by Gasteiger charge is 2.20. The normalized spacial score (nSPS) is 13.8. The van der Waals surface area contributed by atoms with E-state index in [2.05, 4.69) is 171 Å². The first-order chi connectivity index (χ1) is 24.1. The number of hydrogen-bond donors (Lipinski definition) is 0. The highest BCUT2D eigenvalue weighted by atomic mass is 14.7. The van der Waals surface area contributed by atoms with Crippen LogP contribution < -0.4 is 0 Å². The molecule has 10 rings (SSSR count). The second-order valence-electron chi connectivity index (χ2n) is 13.2. The van der Waals surface area contributed by atoms with Crippen molar-refractivity contribution in [3.8, 4) is 33.4 Å². The molecule has 0 unspecified atom stereocenters. The lowest BCUT2D eigenvalue weighted by molar-refractivity contribution is 1.45. The minimum absolute atomic E-state index is 0.948. The van der Waals surface area contributed by atoms with E-state index in [0.29, 0.717) is 0 Å². The van der Waals surface area contributed by atoms with Crippen molar-refractivity contribution in [1.82, 2.24) is 0 Å². The molecule has 49 heavy (non-hydrogen) atoms. The molecule has 1 heterocycles. The monoisotopic (exact) mass is 621 g/mol. The van der Waals surface area contributed by atoms with Crippen molar-refractivity contribution in [1.29, 1.82) is 0 Å². The zero-order chi connectivity index (χ0) is 32.6. The van der Waals surface area contributed by atoms with Crippen LogP contribution in [0.25, 0.3) is 82.0 Å². The summed E-state index contributed by atoms with van der Waals surface area (Å²) in [6.07, 6.45) is 0. The molecular weight excluding hydrogens is 591 g/mol. The lowest BCUT2D eigenvalue weighted by Gasteiger charge is -2.17. The third-order valence-electron chi connectivity index (χ3n) is 10.5. The smallest absolute Gasteiger partial charge is 0.0711 e. The fourth-order valence-electron chi connectivity index (χ4n) is 8.19.